The molecule has 7 nitrogen and oxygen atoms in total. The van der Waals surface area contributed by atoms with Crippen LogP contribution in [0.3, 0.4) is 0 Å². The number of halogens is 3. The van der Waals surface area contributed by atoms with E-state index in [-0.39, 0.29) is 23.1 Å². The molecule has 4 heterocycles. The molecular weight excluding hydrogens is 447 g/mol. The predicted octanol–water partition coefficient (Wildman–Crippen LogP) is 4.79. The first-order chi connectivity index (χ1) is 16.5. The van der Waals surface area contributed by atoms with Gasteiger partial charge in [0, 0.05) is 29.9 Å². The van der Waals surface area contributed by atoms with E-state index < -0.39 is 24.1 Å². The monoisotopic (exact) mass is 465 g/mol. The van der Waals surface area contributed by atoms with E-state index in [4.69, 9.17) is 9.40 Å². The Morgan fingerprint density at radius 1 is 1.06 bits per heavy atom. The van der Waals surface area contributed by atoms with E-state index in [1.165, 1.54) is 18.2 Å². The Bertz CT molecular complexity index is 1550. The first kappa shape index (κ1) is 20.7. The van der Waals surface area contributed by atoms with Gasteiger partial charge in [-0.1, -0.05) is 0 Å². The zero-order chi connectivity index (χ0) is 23.4. The number of oxazole rings is 1. The summed E-state index contributed by atoms with van der Waals surface area (Å²) >= 11 is 0. The molecule has 0 bridgehead atoms. The van der Waals surface area contributed by atoms with Crippen LogP contribution in [0.4, 0.5) is 19.0 Å². The van der Waals surface area contributed by atoms with Gasteiger partial charge in [0.2, 0.25) is 5.89 Å². The van der Waals surface area contributed by atoms with Crippen molar-refractivity contribution in [3.05, 3.63) is 77.4 Å². The van der Waals surface area contributed by atoms with Crippen LogP contribution in [0.15, 0.2) is 53.2 Å². The molecule has 1 atom stereocenters. The van der Waals surface area contributed by atoms with E-state index >= 15 is 0 Å². The third-order valence-electron chi connectivity index (χ3n) is 6.18. The van der Waals surface area contributed by atoms with Gasteiger partial charge in [-0.25, -0.2) is 27.7 Å². The van der Waals surface area contributed by atoms with Crippen LogP contribution in [0, 0.1) is 17.5 Å². The van der Waals surface area contributed by atoms with Gasteiger partial charge in [0.15, 0.2) is 11.2 Å². The molecular formula is C24H18F3N5O2. The molecule has 10 heteroatoms. The number of fused-ring (bicyclic) bond motifs is 2. The Morgan fingerprint density at radius 2 is 1.94 bits per heavy atom. The summed E-state index contributed by atoms with van der Waals surface area (Å²) in [6.07, 6.45) is 4.76. The number of aliphatic hydroxyl groups is 1. The van der Waals surface area contributed by atoms with Crippen molar-refractivity contribution in [3.63, 3.8) is 0 Å². The molecule has 0 aliphatic carbocycles. The first-order valence-electron chi connectivity index (χ1n) is 10.8. The van der Waals surface area contributed by atoms with Gasteiger partial charge in [-0.05, 0) is 43.2 Å². The molecule has 1 fully saturated rings. The Hall–Kier alpha value is -3.92. The summed E-state index contributed by atoms with van der Waals surface area (Å²) in [4.78, 5) is 11.1. The lowest BCUT2D eigenvalue weighted by Gasteiger charge is -2.26. The van der Waals surface area contributed by atoms with E-state index in [2.05, 4.69) is 10.1 Å². The molecule has 3 aromatic heterocycles. The van der Waals surface area contributed by atoms with Gasteiger partial charge < -0.3 is 14.4 Å². The molecule has 34 heavy (non-hydrogen) atoms. The summed E-state index contributed by atoms with van der Waals surface area (Å²) in [7, 11) is 0. The lowest BCUT2D eigenvalue weighted by Crippen LogP contribution is -2.24. The van der Waals surface area contributed by atoms with E-state index in [0.717, 1.165) is 18.6 Å². The van der Waals surface area contributed by atoms with E-state index in [0.29, 0.717) is 41.1 Å². The second-order valence-corrected chi connectivity index (χ2v) is 8.22. The van der Waals surface area contributed by atoms with E-state index in [1.807, 2.05) is 4.90 Å². The van der Waals surface area contributed by atoms with Gasteiger partial charge in [-0.15, -0.1) is 0 Å². The minimum Gasteiger partial charge on any atom is -0.436 e. The van der Waals surface area contributed by atoms with Crippen LogP contribution in [0.1, 0.15) is 30.0 Å². The molecule has 1 N–H and O–H groups in total. The summed E-state index contributed by atoms with van der Waals surface area (Å²) in [6, 6.07) is 7.53. The molecule has 0 radical (unpaired) electrons. The second-order valence-electron chi connectivity index (χ2n) is 8.22. The number of benzene rings is 2. The molecule has 1 saturated heterocycles. The van der Waals surface area contributed by atoms with E-state index in [1.54, 1.807) is 23.0 Å². The van der Waals surface area contributed by atoms with Crippen LogP contribution >= 0.6 is 0 Å². The van der Waals surface area contributed by atoms with Crippen LogP contribution in [0.25, 0.3) is 28.2 Å². The minimum absolute atomic E-state index is 0.122. The topological polar surface area (TPSA) is 79.7 Å². The molecule has 0 amide bonds. The average Bonchev–Trinajstić information content (AvgIpc) is 3.57. The average molecular weight is 465 g/mol. The van der Waals surface area contributed by atoms with Crippen LogP contribution in [-0.2, 0) is 6.61 Å². The fourth-order valence-electron chi connectivity index (χ4n) is 4.53. The highest BCUT2D eigenvalue weighted by molar-refractivity contribution is 5.80. The van der Waals surface area contributed by atoms with E-state index in [9.17, 15) is 18.3 Å². The summed E-state index contributed by atoms with van der Waals surface area (Å²) in [5.41, 5.74) is 2.01. The van der Waals surface area contributed by atoms with Crippen molar-refractivity contribution in [1.82, 2.24) is 19.6 Å². The van der Waals surface area contributed by atoms with Gasteiger partial charge in [-0.3, -0.25) is 0 Å². The van der Waals surface area contributed by atoms with Gasteiger partial charge >= 0.3 is 0 Å². The molecule has 1 aliphatic heterocycles. The Labute approximate surface area is 191 Å². The molecule has 6 rings (SSSR count). The predicted molar refractivity (Wildman–Crippen MR) is 118 cm³/mol. The zero-order valence-corrected chi connectivity index (χ0v) is 17.8. The van der Waals surface area contributed by atoms with Crippen molar-refractivity contribution in [2.24, 2.45) is 0 Å². The summed E-state index contributed by atoms with van der Waals surface area (Å²) in [5.74, 6) is -0.724. The maximum Gasteiger partial charge on any atom is 0.232 e. The Balaban J connectivity index is 1.42. The molecule has 172 valence electrons. The lowest BCUT2D eigenvalue weighted by molar-refractivity contribution is 0.276. The van der Waals surface area contributed by atoms with Gasteiger partial charge in [-0.2, -0.15) is 5.10 Å². The van der Waals surface area contributed by atoms with Crippen LogP contribution in [0.2, 0.25) is 0 Å². The van der Waals surface area contributed by atoms with Crippen molar-refractivity contribution in [3.8, 4) is 11.5 Å². The fourth-order valence-corrected chi connectivity index (χ4v) is 4.53. The SMILES string of the molecule is OCc1cc2nc(-c3cnn4ccc(N5CCCC5c5cc(F)ccc5F)nc34)oc2cc1F. The van der Waals surface area contributed by atoms with Gasteiger partial charge in [0.05, 0.1) is 18.8 Å². The van der Waals surface area contributed by atoms with Gasteiger partial charge in [0.1, 0.15) is 34.3 Å². The number of aromatic nitrogens is 4. The standard InChI is InChI=1S/C24H18F3N5O2/c25-14-3-4-17(26)15(9-14)20-2-1-6-31(20)22-5-7-32-23(30-22)16(11-28-32)24-29-19-8-13(12-33)18(27)10-21(19)34-24/h3-5,7-11,20,33H,1-2,6,12H2. The number of hydrogen-bond donors (Lipinski definition) is 1. The summed E-state index contributed by atoms with van der Waals surface area (Å²) < 4.78 is 49.7. The number of anilines is 1. The van der Waals surface area contributed by atoms with Gasteiger partial charge in [0.25, 0.3) is 0 Å². The number of nitrogens with zero attached hydrogens (tertiary/aromatic N) is 5. The van der Waals surface area contributed by atoms with Crippen molar-refractivity contribution >= 4 is 22.6 Å². The quantitative estimate of drug-likeness (QED) is 0.411. The smallest absolute Gasteiger partial charge is 0.232 e. The minimum atomic E-state index is -0.581. The molecule has 1 aliphatic rings. The second kappa shape index (κ2) is 7.84. The zero-order valence-electron chi connectivity index (χ0n) is 17.8. The highest BCUT2D eigenvalue weighted by atomic mass is 19.1. The molecule has 5 aromatic rings. The molecule has 2 aromatic carbocycles. The molecule has 0 spiro atoms. The third-order valence-corrected chi connectivity index (χ3v) is 6.18. The number of aliphatic hydroxyl groups excluding tert-OH is 1. The number of hydrogen-bond acceptors (Lipinski definition) is 6. The Kier molecular flexibility index (Phi) is 4.77. The van der Waals surface area contributed by atoms with Crippen LogP contribution < -0.4 is 4.90 Å². The molecule has 1 unspecified atom stereocenters. The third kappa shape index (κ3) is 3.29. The van der Waals surface area contributed by atoms with Crippen molar-refractivity contribution in [2.75, 3.05) is 11.4 Å². The summed E-state index contributed by atoms with van der Waals surface area (Å²) in [6.45, 7) is 0.188. The van der Waals surface area contributed by atoms with Crippen molar-refractivity contribution < 1.29 is 22.7 Å². The van der Waals surface area contributed by atoms with Crippen LogP contribution in [0.5, 0.6) is 0 Å². The summed E-state index contributed by atoms with van der Waals surface area (Å²) in [5, 5.41) is 13.6. The van der Waals surface area contributed by atoms with Crippen LogP contribution in [-0.4, -0.2) is 31.2 Å². The maximum atomic E-state index is 14.5. The lowest BCUT2D eigenvalue weighted by atomic mass is 10.0. The fraction of sp³-hybridized carbons (Fsp3) is 0.208. The van der Waals surface area contributed by atoms with Crippen molar-refractivity contribution in [2.45, 2.75) is 25.5 Å². The Morgan fingerprint density at radius 3 is 2.79 bits per heavy atom. The largest absolute Gasteiger partial charge is 0.436 e. The normalized spacial score (nSPS) is 16.2. The highest BCUT2D eigenvalue weighted by Gasteiger charge is 2.30. The van der Waals surface area contributed by atoms with Crippen molar-refractivity contribution in [1.29, 1.82) is 0 Å². The maximum absolute atomic E-state index is 14.5. The number of rotatable bonds is 4. The first-order valence-corrected chi connectivity index (χ1v) is 10.8. The molecule has 0 saturated carbocycles. The highest BCUT2D eigenvalue weighted by Crippen LogP contribution is 2.37.